The molecule has 0 bridgehead atoms. The molecule has 1 aromatic carbocycles. The van der Waals surface area contributed by atoms with E-state index in [-0.39, 0.29) is 11.4 Å². The number of hydrogen-bond acceptors (Lipinski definition) is 4. The summed E-state index contributed by atoms with van der Waals surface area (Å²) < 4.78 is 26.0. The summed E-state index contributed by atoms with van der Waals surface area (Å²) in [4.78, 5) is 11.7. The molecule has 0 saturated carbocycles. The molecular weight excluding hydrogens is 268 g/mol. The van der Waals surface area contributed by atoms with Gasteiger partial charge in [-0.1, -0.05) is 17.7 Å². The van der Waals surface area contributed by atoms with Crippen molar-refractivity contribution in [2.24, 2.45) is 0 Å². The number of sulfonamides is 1. The van der Waals surface area contributed by atoms with Crippen molar-refractivity contribution >= 4 is 15.9 Å². The van der Waals surface area contributed by atoms with Crippen molar-refractivity contribution in [1.29, 1.82) is 0 Å². The molecule has 6 nitrogen and oxygen atoms in total. The van der Waals surface area contributed by atoms with Crippen LogP contribution >= 0.6 is 0 Å². The Bertz CT molecular complexity index is 568. The second kappa shape index (κ2) is 5.28. The molecular formula is C12H16N2O4S. The van der Waals surface area contributed by atoms with Crippen LogP contribution in [0.5, 0.6) is 0 Å². The minimum Gasteiger partial charge on any atom is -0.289 e. The summed E-state index contributed by atoms with van der Waals surface area (Å²) in [6, 6.07) is 5.64. The van der Waals surface area contributed by atoms with Crippen molar-refractivity contribution in [3.63, 3.8) is 0 Å². The molecule has 2 rings (SSSR count). The summed E-state index contributed by atoms with van der Waals surface area (Å²) in [7, 11) is -3.70. The third kappa shape index (κ3) is 2.63. The lowest BCUT2D eigenvalue weighted by molar-refractivity contribution is -0.132. The van der Waals surface area contributed by atoms with Crippen LogP contribution in [0.25, 0.3) is 0 Å². The molecule has 1 fully saturated rings. The van der Waals surface area contributed by atoms with E-state index in [0.717, 1.165) is 9.87 Å². The van der Waals surface area contributed by atoms with Crippen LogP contribution < -0.4 is 5.48 Å². The highest BCUT2D eigenvalue weighted by Crippen LogP contribution is 2.26. The number of hydrogen-bond donors (Lipinski definition) is 2. The Hall–Kier alpha value is -1.44. The van der Waals surface area contributed by atoms with Gasteiger partial charge in [-0.25, -0.2) is 13.9 Å². The molecule has 0 unspecified atom stereocenters. The number of carbonyl (C=O) groups excluding carboxylic acids is 1. The Morgan fingerprint density at radius 1 is 1.37 bits per heavy atom. The second-order valence-electron chi connectivity index (χ2n) is 4.56. The van der Waals surface area contributed by atoms with E-state index >= 15 is 0 Å². The van der Waals surface area contributed by atoms with Crippen LogP contribution in [0.4, 0.5) is 0 Å². The van der Waals surface area contributed by atoms with Gasteiger partial charge in [0.1, 0.15) is 6.04 Å². The Labute approximate surface area is 112 Å². The van der Waals surface area contributed by atoms with E-state index < -0.39 is 22.0 Å². The fourth-order valence-corrected chi connectivity index (χ4v) is 3.87. The van der Waals surface area contributed by atoms with Crippen molar-refractivity contribution in [2.45, 2.75) is 30.7 Å². The number of carbonyl (C=O) groups is 1. The van der Waals surface area contributed by atoms with Crippen LogP contribution in [0.1, 0.15) is 18.4 Å². The predicted molar refractivity (Wildman–Crippen MR) is 68.0 cm³/mol. The highest BCUT2D eigenvalue weighted by Gasteiger charge is 2.39. The minimum absolute atomic E-state index is 0.163. The van der Waals surface area contributed by atoms with Crippen LogP contribution in [-0.2, 0) is 14.8 Å². The van der Waals surface area contributed by atoms with Gasteiger partial charge in [-0.05, 0) is 31.9 Å². The molecule has 0 spiro atoms. The van der Waals surface area contributed by atoms with Crippen molar-refractivity contribution in [3.05, 3.63) is 29.8 Å². The quantitative estimate of drug-likeness (QED) is 0.630. The van der Waals surface area contributed by atoms with E-state index in [9.17, 15) is 13.2 Å². The number of benzene rings is 1. The number of amides is 1. The molecule has 0 aromatic heterocycles. The Morgan fingerprint density at radius 2 is 2.00 bits per heavy atom. The summed E-state index contributed by atoms with van der Waals surface area (Å²) in [6.45, 7) is 2.16. The van der Waals surface area contributed by atoms with Crippen molar-refractivity contribution in [2.75, 3.05) is 6.54 Å². The average molecular weight is 284 g/mol. The summed E-state index contributed by atoms with van der Waals surface area (Å²) in [5.41, 5.74) is 2.49. The molecule has 1 aromatic rings. The maximum absolute atomic E-state index is 12.4. The zero-order valence-corrected chi connectivity index (χ0v) is 11.4. The zero-order valence-electron chi connectivity index (χ0n) is 10.5. The maximum atomic E-state index is 12.4. The van der Waals surface area contributed by atoms with Gasteiger partial charge in [0.05, 0.1) is 4.90 Å². The van der Waals surface area contributed by atoms with E-state index in [0.29, 0.717) is 12.8 Å². The summed E-state index contributed by atoms with van der Waals surface area (Å²) >= 11 is 0. The molecule has 0 radical (unpaired) electrons. The van der Waals surface area contributed by atoms with Gasteiger partial charge in [0.15, 0.2) is 0 Å². The Kier molecular flexibility index (Phi) is 3.88. The van der Waals surface area contributed by atoms with Gasteiger partial charge in [-0.3, -0.25) is 10.0 Å². The van der Waals surface area contributed by atoms with E-state index in [4.69, 9.17) is 5.21 Å². The SMILES string of the molecule is Cc1ccc(S(=O)(=O)N2CCC[C@H]2C(=O)NO)cc1. The monoisotopic (exact) mass is 284 g/mol. The molecule has 1 aliphatic heterocycles. The third-order valence-electron chi connectivity index (χ3n) is 3.24. The number of rotatable bonds is 3. The van der Waals surface area contributed by atoms with Crippen molar-refractivity contribution in [1.82, 2.24) is 9.79 Å². The second-order valence-corrected chi connectivity index (χ2v) is 6.45. The molecule has 1 amide bonds. The first-order valence-corrected chi connectivity index (χ1v) is 7.43. The lowest BCUT2D eigenvalue weighted by Crippen LogP contribution is -2.44. The first-order chi connectivity index (χ1) is 8.96. The molecule has 1 saturated heterocycles. The van der Waals surface area contributed by atoms with Crippen molar-refractivity contribution < 1.29 is 18.4 Å². The molecule has 0 aliphatic carbocycles. The number of aryl methyl sites for hydroxylation is 1. The van der Waals surface area contributed by atoms with Gasteiger partial charge in [-0.2, -0.15) is 4.31 Å². The number of nitrogens with zero attached hydrogens (tertiary/aromatic N) is 1. The van der Waals surface area contributed by atoms with Gasteiger partial charge in [-0.15, -0.1) is 0 Å². The summed E-state index contributed by atoms with van der Waals surface area (Å²) in [5.74, 6) is -0.687. The third-order valence-corrected chi connectivity index (χ3v) is 5.17. The molecule has 2 N–H and O–H groups in total. The summed E-state index contributed by atoms with van der Waals surface area (Å²) in [6.07, 6.45) is 1.01. The normalized spacial score (nSPS) is 20.4. The van der Waals surface area contributed by atoms with E-state index in [1.807, 2.05) is 6.92 Å². The molecule has 1 heterocycles. The van der Waals surface area contributed by atoms with E-state index in [1.165, 1.54) is 17.6 Å². The molecule has 1 aliphatic rings. The average Bonchev–Trinajstić information content (AvgIpc) is 2.88. The Balaban J connectivity index is 2.33. The predicted octanol–water partition coefficient (Wildman–Crippen LogP) is 0.654. The number of hydroxylamine groups is 1. The Morgan fingerprint density at radius 3 is 2.58 bits per heavy atom. The maximum Gasteiger partial charge on any atom is 0.261 e. The van der Waals surface area contributed by atoms with Crippen molar-refractivity contribution in [3.8, 4) is 0 Å². The van der Waals surface area contributed by atoms with Crippen LogP contribution in [0.3, 0.4) is 0 Å². The van der Waals surface area contributed by atoms with E-state index in [1.54, 1.807) is 12.1 Å². The van der Waals surface area contributed by atoms with E-state index in [2.05, 4.69) is 0 Å². The number of nitrogens with one attached hydrogen (secondary N) is 1. The first kappa shape index (κ1) is 14.0. The van der Waals surface area contributed by atoms with Crippen LogP contribution in [0, 0.1) is 6.92 Å². The topological polar surface area (TPSA) is 86.7 Å². The molecule has 104 valence electrons. The lowest BCUT2D eigenvalue weighted by Gasteiger charge is -2.22. The van der Waals surface area contributed by atoms with Gasteiger partial charge in [0.25, 0.3) is 5.91 Å². The highest BCUT2D eigenvalue weighted by atomic mass is 32.2. The van der Waals surface area contributed by atoms with Crippen LogP contribution in [0.2, 0.25) is 0 Å². The molecule has 1 atom stereocenters. The van der Waals surface area contributed by atoms with Gasteiger partial charge < -0.3 is 0 Å². The standard InChI is InChI=1S/C12H16N2O4S/c1-9-4-6-10(7-5-9)19(17,18)14-8-2-3-11(14)12(15)13-16/h4-7,11,16H,2-3,8H2,1H3,(H,13,15)/t11-/m0/s1. The largest absolute Gasteiger partial charge is 0.289 e. The first-order valence-electron chi connectivity index (χ1n) is 5.99. The highest BCUT2D eigenvalue weighted by molar-refractivity contribution is 7.89. The fourth-order valence-electron chi connectivity index (χ4n) is 2.21. The molecule has 7 heteroatoms. The zero-order chi connectivity index (χ0) is 14.0. The van der Waals surface area contributed by atoms with Gasteiger partial charge >= 0.3 is 0 Å². The van der Waals surface area contributed by atoms with Crippen LogP contribution in [0.15, 0.2) is 29.2 Å². The summed E-state index contributed by atoms with van der Waals surface area (Å²) in [5, 5.41) is 8.66. The van der Waals surface area contributed by atoms with Gasteiger partial charge in [0, 0.05) is 6.54 Å². The minimum atomic E-state index is -3.70. The smallest absolute Gasteiger partial charge is 0.261 e. The fraction of sp³-hybridized carbons (Fsp3) is 0.417. The van der Waals surface area contributed by atoms with Crippen LogP contribution in [-0.4, -0.2) is 36.4 Å². The van der Waals surface area contributed by atoms with Gasteiger partial charge in [0.2, 0.25) is 10.0 Å². The molecule has 19 heavy (non-hydrogen) atoms. The lowest BCUT2D eigenvalue weighted by atomic mass is 10.2.